The molecule has 0 aliphatic carbocycles. The molecule has 0 aliphatic heterocycles. The molecule has 0 aliphatic rings. The second-order valence-electron chi connectivity index (χ2n) is 4.68. The molecule has 1 amide bonds. The summed E-state index contributed by atoms with van der Waals surface area (Å²) in [7, 11) is 0. The fraction of sp³-hybridized carbons (Fsp3) is 0.188. The molecule has 2 rings (SSSR count). The molecule has 0 spiro atoms. The topological polar surface area (TPSA) is 38.3 Å². The van der Waals surface area contributed by atoms with Gasteiger partial charge in [0.2, 0.25) is 0 Å². The quantitative estimate of drug-likeness (QED) is 0.934. The third kappa shape index (κ3) is 3.78. The normalized spacial score (nSPS) is 10.3. The lowest BCUT2D eigenvalue weighted by atomic mass is 10.1. The van der Waals surface area contributed by atoms with Crippen molar-refractivity contribution in [2.24, 2.45) is 0 Å². The molecule has 2 aromatic rings. The van der Waals surface area contributed by atoms with Gasteiger partial charge >= 0.3 is 0 Å². The summed E-state index contributed by atoms with van der Waals surface area (Å²) in [5.41, 5.74) is 2.61. The van der Waals surface area contributed by atoms with E-state index in [1.54, 1.807) is 0 Å². The molecule has 0 heterocycles. The molecule has 0 unspecified atom stereocenters. The van der Waals surface area contributed by atoms with Crippen LogP contribution in [0.2, 0.25) is 0 Å². The maximum Gasteiger partial charge on any atom is 0.262 e. The Kier molecular flexibility index (Phi) is 4.52. The van der Waals surface area contributed by atoms with Gasteiger partial charge in [-0.3, -0.25) is 4.79 Å². The number of para-hydroxylation sites is 1. The van der Waals surface area contributed by atoms with Crippen LogP contribution >= 0.6 is 0 Å². The Balaban J connectivity index is 1.97. The Bertz CT molecular complexity index is 651. The van der Waals surface area contributed by atoms with Gasteiger partial charge in [-0.2, -0.15) is 0 Å². The second kappa shape index (κ2) is 6.35. The van der Waals surface area contributed by atoms with Crippen molar-refractivity contribution in [2.45, 2.75) is 13.8 Å². The van der Waals surface area contributed by atoms with Crippen molar-refractivity contribution in [1.82, 2.24) is 0 Å². The zero-order valence-electron chi connectivity index (χ0n) is 11.7. The molecule has 0 atom stereocenters. The van der Waals surface area contributed by atoms with E-state index in [0.717, 1.165) is 28.9 Å². The number of carbonyl (C=O) groups excluding carboxylic acids is 1. The average Bonchev–Trinajstić information content (AvgIpc) is 2.44. The van der Waals surface area contributed by atoms with Crippen LogP contribution in [-0.4, -0.2) is 12.5 Å². The Morgan fingerprint density at radius 1 is 1.10 bits per heavy atom. The van der Waals surface area contributed by atoms with Gasteiger partial charge in [-0.25, -0.2) is 8.78 Å². The minimum absolute atomic E-state index is 0.102. The van der Waals surface area contributed by atoms with E-state index in [1.807, 2.05) is 32.0 Å². The number of anilines is 1. The number of amides is 1. The number of halogens is 2. The molecule has 3 nitrogen and oxygen atoms in total. The molecule has 21 heavy (non-hydrogen) atoms. The van der Waals surface area contributed by atoms with Gasteiger partial charge in [0.1, 0.15) is 5.75 Å². The zero-order valence-corrected chi connectivity index (χ0v) is 11.7. The maximum absolute atomic E-state index is 13.0. The van der Waals surface area contributed by atoms with Crippen molar-refractivity contribution in [1.29, 1.82) is 0 Å². The highest BCUT2D eigenvalue weighted by atomic mass is 19.2. The van der Waals surface area contributed by atoms with Gasteiger partial charge in [0.05, 0.1) is 0 Å². The van der Waals surface area contributed by atoms with Crippen LogP contribution in [0.5, 0.6) is 5.75 Å². The Hall–Kier alpha value is -2.43. The number of aryl methyl sites for hydroxylation is 2. The van der Waals surface area contributed by atoms with Crippen LogP contribution in [0.4, 0.5) is 14.5 Å². The van der Waals surface area contributed by atoms with Gasteiger partial charge < -0.3 is 10.1 Å². The van der Waals surface area contributed by atoms with Gasteiger partial charge in [0, 0.05) is 11.8 Å². The van der Waals surface area contributed by atoms with Crippen LogP contribution in [0.3, 0.4) is 0 Å². The number of hydrogen-bond acceptors (Lipinski definition) is 2. The van der Waals surface area contributed by atoms with Crippen LogP contribution in [0.15, 0.2) is 36.4 Å². The molecule has 2 aromatic carbocycles. The van der Waals surface area contributed by atoms with E-state index >= 15 is 0 Å². The van der Waals surface area contributed by atoms with Crippen LogP contribution < -0.4 is 10.1 Å². The number of hydrogen-bond donors (Lipinski definition) is 1. The summed E-state index contributed by atoms with van der Waals surface area (Å²) >= 11 is 0. The van der Waals surface area contributed by atoms with Gasteiger partial charge in [-0.1, -0.05) is 18.2 Å². The highest BCUT2D eigenvalue weighted by Gasteiger charge is 2.09. The lowest BCUT2D eigenvalue weighted by Gasteiger charge is -2.12. The Morgan fingerprint density at radius 3 is 2.38 bits per heavy atom. The van der Waals surface area contributed by atoms with Gasteiger partial charge in [0.15, 0.2) is 18.2 Å². The largest absolute Gasteiger partial charge is 0.484 e. The second-order valence-corrected chi connectivity index (χ2v) is 4.68. The third-order valence-corrected chi connectivity index (χ3v) is 3.01. The molecule has 0 radical (unpaired) electrons. The van der Waals surface area contributed by atoms with Gasteiger partial charge in [0.25, 0.3) is 5.91 Å². The number of ether oxygens (including phenoxy) is 1. The lowest BCUT2D eigenvalue weighted by molar-refractivity contribution is -0.118. The summed E-state index contributed by atoms with van der Waals surface area (Å²) in [6.45, 7) is 3.50. The highest BCUT2D eigenvalue weighted by Crippen LogP contribution is 2.19. The van der Waals surface area contributed by atoms with E-state index in [1.165, 1.54) is 6.07 Å². The Labute approximate surface area is 121 Å². The monoisotopic (exact) mass is 291 g/mol. The summed E-state index contributed by atoms with van der Waals surface area (Å²) in [4.78, 5) is 11.8. The van der Waals surface area contributed by atoms with Crippen LogP contribution in [0.25, 0.3) is 0 Å². The van der Waals surface area contributed by atoms with Crippen LogP contribution in [-0.2, 0) is 4.79 Å². The van der Waals surface area contributed by atoms with E-state index in [2.05, 4.69) is 5.32 Å². The molecule has 0 fully saturated rings. The molecule has 1 N–H and O–H groups in total. The minimum Gasteiger partial charge on any atom is -0.484 e. The summed E-state index contributed by atoms with van der Waals surface area (Å²) in [6, 6.07) is 8.80. The predicted molar refractivity (Wildman–Crippen MR) is 76.4 cm³/mol. The van der Waals surface area contributed by atoms with Crippen LogP contribution in [0.1, 0.15) is 11.1 Å². The summed E-state index contributed by atoms with van der Waals surface area (Å²) in [5, 5.41) is 2.74. The van der Waals surface area contributed by atoms with E-state index < -0.39 is 11.6 Å². The van der Waals surface area contributed by atoms with Crippen LogP contribution in [0, 0.1) is 25.5 Å². The molecule has 0 bridgehead atoms. The summed E-state index contributed by atoms with van der Waals surface area (Å²) in [5.74, 6) is -2.23. The lowest BCUT2D eigenvalue weighted by Crippen LogP contribution is -2.21. The first-order valence-electron chi connectivity index (χ1n) is 6.41. The first kappa shape index (κ1) is 15.0. The zero-order chi connectivity index (χ0) is 15.4. The first-order chi connectivity index (χ1) is 9.97. The van der Waals surface area contributed by atoms with E-state index in [-0.39, 0.29) is 18.3 Å². The predicted octanol–water partition coefficient (Wildman–Crippen LogP) is 3.60. The molecule has 0 saturated carbocycles. The molecule has 110 valence electrons. The minimum atomic E-state index is -1.01. The standard InChI is InChI=1S/C16H15F2NO2/c1-10-4-3-5-11(2)16(10)19-15(20)9-21-12-6-7-13(17)14(18)8-12/h3-8H,9H2,1-2H3,(H,19,20). The summed E-state index contributed by atoms with van der Waals surface area (Å²) < 4.78 is 30.9. The van der Waals surface area contributed by atoms with E-state index in [0.29, 0.717) is 0 Å². The maximum atomic E-state index is 13.0. The Morgan fingerprint density at radius 2 is 1.76 bits per heavy atom. The highest BCUT2D eigenvalue weighted by molar-refractivity contribution is 5.93. The van der Waals surface area contributed by atoms with Crippen molar-refractivity contribution in [3.05, 3.63) is 59.2 Å². The van der Waals surface area contributed by atoms with Crippen molar-refractivity contribution < 1.29 is 18.3 Å². The number of nitrogens with one attached hydrogen (secondary N) is 1. The molecule has 5 heteroatoms. The van der Waals surface area contributed by atoms with Crippen molar-refractivity contribution in [3.63, 3.8) is 0 Å². The third-order valence-electron chi connectivity index (χ3n) is 3.01. The van der Waals surface area contributed by atoms with Gasteiger partial charge in [-0.15, -0.1) is 0 Å². The first-order valence-corrected chi connectivity index (χ1v) is 6.41. The molecular weight excluding hydrogens is 276 g/mol. The molecule has 0 aromatic heterocycles. The van der Waals surface area contributed by atoms with E-state index in [4.69, 9.17) is 4.74 Å². The summed E-state index contributed by atoms with van der Waals surface area (Å²) in [6.07, 6.45) is 0. The molecular formula is C16H15F2NO2. The van der Waals surface area contributed by atoms with Gasteiger partial charge in [-0.05, 0) is 37.1 Å². The fourth-order valence-electron chi connectivity index (χ4n) is 1.90. The molecule has 0 saturated heterocycles. The smallest absolute Gasteiger partial charge is 0.262 e. The number of carbonyl (C=O) groups is 1. The van der Waals surface area contributed by atoms with Crippen molar-refractivity contribution >= 4 is 11.6 Å². The SMILES string of the molecule is Cc1cccc(C)c1NC(=O)COc1ccc(F)c(F)c1. The number of benzene rings is 2. The fourth-order valence-corrected chi connectivity index (χ4v) is 1.90. The van der Waals surface area contributed by atoms with Crippen molar-refractivity contribution in [3.8, 4) is 5.75 Å². The van der Waals surface area contributed by atoms with E-state index in [9.17, 15) is 13.6 Å². The number of rotatable bonds is 4. The average molecular weight is 291 g/mol. The van der Waals surface area contributed by atoms with Crippen molar-refractivity contribution in [2.75, 3.05) is 11.9 Å².